The van der Waals surface area contributed by atoms with Crippen molar-refractivity contribution in [2.75, 3.05) is 13.1 Å². The summed E-state index contributed by atoms with van der Waals surface area (Å²) in [6.45, 7) is 3.01. The maximum atomic E-state index is 12.7. The first kappa shape index (κ1) is 19.3. The Morgan fingerprint density at radius 2 is 1.68 bits per heavy atom. The Labute approximate surface area is 167 Å². The Balaban J connectivity index is 1.38. The second-order valence-corrected chi connectivity index (χ2v) is 9.74. The molecule has 5 fully saturated rings. The number of nitrogens with zero attached hydrogens (tertiary/aromatic N) is 2. The van der Waals surface area contributed by atoms with E-state index >= 15 is 0 Å². The highest BCUT2D eigenvalue weighted by atomic mass is 16.4. The maximum absolute atomic E-state index is 12.7. The highest BCUT2D eigenvalue weighted by Gasteiger charge is 2.53. The van der Waals surface area contributed by atoms with Crippen molar-refractivity contribution in [1.82, 2.24) is 10.2 Å². The minimum absolute atomic E-state index is 0.130. The summed E-state index contributed by atoms with van der Waals surface area (Å²) in [6, 6.07) is 2.31. The van der Waals surface area contributed by atoms with Crippen LogP contribution in [0.15, 0.2) is 11.8 Å². The maximum Gasteiger partial charge on any atom is 0.306 e. The number of piperidine rings is 1. The molecule has 6 nitrogen and oxygen atoms in total. The number of nitrogens with one attached hydrogen (secondary N) is 1. The van der Waals surface area contributed by atoms with E-state index in [9.17, 15) is 14.9 Å². The van der Waals surface area contributed by atoms with Crippen molar-refractivity contribution >= 4 is 11.9 Å². The van der Waals surface area contributed by atoms with E-state index in [0.29, 0.717) is 31.3 Å². The number of rotatable bonds is 5. The molecule has 4 bridgehead atoms. The van der Waals surface area contributed by atoms with Gasteiger partial charge in [-0.15, -0.1) is 0 Å². The van der Waals surface area contributed by atoms with Crippen molar-refractivity contribution < 1.29 is 14.7 Å². The molecule has 4 saturated carbocycles. The first-order valence-corrected chi connectivity index (χ1v) is 10.8. The molecule has 5 aliphatic rings. The van der Waals surface area contributed by atoms with E-state index in [4.69, 9.17) is 5.11 Å². The van der Waals surface area contributed by atoms with Gasteiger partial charge in [-0.25, -0.2) is 0 Å². The molecular formula is C22H31N3O3. The molecule has 1 aliphatic heterocycles. The fourth-order valence-electron chi connectivity index (χ4n) is 6.73. The summed E-state index contributed by atoms with van der Waals surface area (Å²) in [5.41, 5.74) is 0.444. The van der Waals surface area contributed by atoms with E-state index in [-0.39, 0.29) is 23.4 Å². The molecule has 0 aromatic rings. The molecule has 1 saturated heterocycles. The van der Waals surface area contributed by atoms with E-state index in [2.05, 4.69) is 18.3 Å². The first-order chi connectivity index (χ1) is 13.4. The molecule has 1 unspecified atom stereocenters. The summed E-state index contributed by atoms with van der Waals surface area (Å²) in [5, 5.41) is 22.0. The molecule has 152 valence electrons. The first-order valence-electron chi connectivity index (χ1n) is 10.8. The van der Waals surface area contributed by atoms with Crippen molar-refractivity contribution in [1.29, 1.82) is 5.26 Å². The predicted molar refractivity (Wildman–Crippen MR) is 104 cm³/mol. The Morgan fingerprint density at radius 3 is 2.14 bits per heavy atom. The Hall–Kier alpha value is -2.03. The number of nitriles is 1. The minimum Gasteiger partial charge on any atom is -0.481 e. The lowest BCUT2D eigenvalue weighted by atomic mass is 9.48. The Bertz CT molecular complexity index is 680. The van der Waals surface area contributed by atoms with Crippen LogP contribution in [0.4, 0.5) is 0 Å². The van der Waals surface area contributed by atoms with E-state index in [1.54, 1.807) is 11.1 Å². The molecule has 1 atom stereocenters. The van der Waals surface area contributed by atoms with Crippen LogP contribution >= 0.6 is 0 Å². The lowest BCUT2D eigenvalue weighted by Gasteiger charge is -2.59. The van der Waals surface area contributed by atoms with Gasteiger partial charge in [-0.3, -0.25) is 9.59 Å². The monoisotopic (exact) mass is 385 g/mol. The second-order valence-electron chi connectivity index (χ2n) is 9.74. The number of hydrogen-bond acceptors (Lipinski definition) is 4. The minimum atomic E-state index is -0.797. The summed E-state index contributed by atoms with van der Waals surface area (Å²) in [7, 11) is 0. The number of likely N-dealkylation sites (tertiary alicyclic amines) is 1. The van der Waals surface area contributed by atoms with Crippen LogP contribution in [0.3, 0.4) is 0 Å². The van der Waals surface area contributed by atoms with Gasteiger partial charge in [0, 0.05) is 25.3 Å². The van der Waals surface area contributed by atoms with Crippen LogP contribution in [0.2, 0.25) is 0 Å². The largest absolute Gasteiger partial charge is 0.481 e. The van der Waals surface area contributed by atoms with Crippen molar-refractivity contribution in [2.24, 2.45) is 29.1 Å². The lowest BCUT2D eigenvalue weighted by Crippen LogP contribution is -2.54. The summed E-state index contributed by atoms with van der Waals surface area (Å²) in [5.74, 6) is 1.14. The molecule has 0 aromatic carbocycles. The van der Waals surface area contributed by atoms with E-state index < -0.39 is 5.97 Å². The van der Waals surface area contributed by atoms with Crippen molar-refractivity contribution in [3.8, 4) is 6.07 Å². The lowest BCUT2D eigenvalue weighted by molar-refractivity contribution is -0.145. The number of aliphatic carboxylic acids is 1. The van der Waals surface area contributed by atoms with E-state index in [1.807, 2.05) is 0 Å². The average molecular weight is 386 g/mol. The molecule has 1 heterocycles. The summed E-state index contributed by atoms with van der Waals surface area (Å²) >= 11 is 0. The summed E-state index contributed by atoms with van der Waals surface area (Å²) in [4.78, 5) is 25.4. The zero-order valence-electron chi connectivity index (χ0n) is 16.7. The molecule has 0 spiro atoms. The van der Waals surface area contributed by atoms with Crippen molar-refractivity contribution in [3.63, 3.8) is 0 Å². The quantitative estimate of drug-likeness (QED) is 0.561. The standard InChI is InChI=1S/C22H31N3O3/c1-14(22-9-15-6-16(10-22)8-17(7-15)11-22)24-13-19(12-23)20(26)25-4-2-18(3-5-25)21(27)28/h13-18,24H,2-11H2,1H3,(H,27,28)/b19-13-. The van der Waals surface area contributed by atoms with Gasteiger partial charge >= 0.3 is 5.97 Å². The predicted octanol–water partition coefficient (Wildman–Crippen LogP) is 2.91. The van der Waals surface area contributed by atoms with Gasteiger partial charge in [0.15, 0.2) is 0 Å². The molecule has 2 N–H and O–H groups in total. The normalized spacial score (nSPS) is 36.1. The molecule has 28 heavy (non-hydrogen) atoms. The molecule has 6 heteroatoms. The van der Waals surface area contributed by atoms with Gasteiger partial charge in [0.2, 0.25) is 0 Å². The van der Waals surface area contributed by atoms with Gasteiger partial charge < -0.3 is 15.3 Å². The highest BCUT2D eigenvalue weighted by Crippen LogP contribution is 2.61. The van der Waals surface area contributed by atoms with Crippen molar-refractivity contribution in [2.45, 2.75) is 64.3 Å². The third kappa shape index (κ3) is 3.52. The molecule has 0 radical (unpaired) electrons. The molecular weight excluding hydrogens is 354 g/mol. The Morgan fingerprint density at radius 1 is 1.14 bits per heavy atom. The number of carboxylic acids is 1. The van der Waals surface area contributed by atoms with Crippen LogP contribution in [-0.2, 0) is 9.59 Å². The fraction of sp³-hybridized carbons (Fsp3) is 0.773. The van der Waals surface area contributed by atoms with Crippen LogP contribution < -0.4 is 5.32 Å². The third-order valence-corrected chi connectivity index (χ3v) is 7.96. The molecule has 0 aromatic heterocycles. The van der Waals surface area contributed by atoms with Crippen LogP contribution in [0.5, 0.6) is 0 Å². The zero-order chi connectivity index (χ0) is 19.9. The molecule has 4 aliphatic carbocycles. The van der Waals surface area contributed by atoms with E-state index in [1.165, 1.54) is 38.5 Å². The van der Waals surface area contributed by atoms with Gasteiger partial charge in [-0.05, 0) is 81.5 Å². The summed E-state index contributed by atoms with van der Waals surface area (Å²) in [6.07, 6.45) is 10.6. The fourth-order valence-corrected chi connectivity index (χ4v) is 6.73. The van der Waals surface area contributed by atoms with Gasteiger partial charge in [-0.2, -0.15) is 5.26 Å². The van der Waals surface area contributed by atoms with E-state index in [0.717, 1.165) is 17.8 Å². The number of amides is 1. The van der Waals surface area contributed by atoms with Gasteiger partial charge in [0.1, 0.15) is 11.6 Å². The smallest absolute Gasteiger partial charge is 0.306 e. The summed E-state index contributed by atoms with van der Waals surface area (Å²) < 4.78 is 0. The topological polar surface area (TPSA) is 93.4 Å². The molecule has 1 amide bonds. The SMILES string of the molecule is CC(N/C=C(/C#N)C(=O)N1CCC(C(=O)O)CC1)C12CC3CC(CC(C3)C1)C2. The van der Waals surface area contributed by atoms with Gasteiger partial charge in [0.25, 0.3) is 5.91 Å². The Kier molecular flexibility index (Phi) is 5.11. The van der Waals surface area contributed by atoms with Crippen LogP contribution in [0.1, 0.15) is 58.3 Å². The average Bonchev–Trinajstić information content (AvgIpc) is 2.67. The van der Waals surface area contributed by atoms with Gasteiger partial charge in [0.05, 0.1) is 5.92 Å². The molecule has 5 rings (SSSR count). The highest BCUT2D eigenvalue weighted by molar-refractivity contribution is 5.97. The van der Waals surface area contributed by atoms with Crippen LogP contribution in [-0.4, -0.2) is 41.0 Å². The number of carbonyl (C=O) groups is 2. The van der Waals surface area contributed by atoms with Gasteiger partial charge in [-0.1, -0.05) is 0 Å². The zero-order valence-corrected chi connectivity index (χ0v) is 16.7. The van der Waals surface area contributed by atoms with Crippen LogP contribution in [0.25, 0.3) is 0 Å². The number of carbonyl (C=O) groups excluding carboxylic acids is 1. The van der Waals surface area contributed by atoms with Crippen molar-refractivity contribution in [3.05, 3.63) is 11.8 Å². The number of carboxylic acid groups (broad SMARTS) is 1. The number of hydrogen-bond donors (Lipinski definition) is 2. The second kappa shape index (κ2) is 7.42. The van der Waals surface area contributed by atoms with Crippen LogP contribution in [0, 0.1) is 40.4 Å². The third-order valence-electron chi connectivity index (χ3n) is 7.96.